The number of fused-ring (bicyclic) bond motifs is 1. The molecular weight excluding hydrogens is 349 g/mol. The van der Waals surface area contributed by atoms with Crippen molar-refractivity contribution in [1.29, 1.82) is 0 Å². The molecule has 0 radical (unpaired) electrons. The molecule has 1 aromatic heterocycles. The zero-order valence-corrected chi connectivity index (χ0v) is 14.4. The third-order valence-electron chi connectivity index (χ3n) is 3.59. The molecule has 0 aliphatic carbocycles. The molecule has 2 aromatic carbocycles. The van der Waals surface area contributed by atoms with Crippen LogP contribution in [0.2, 0.25) is 10.0 Å². The highest BCUT2D eigenvalue weighted by molar-refractivity contribution is 6.35. The van der Waals surface area contributed by atoms with E-state index in [-0.39, 0.29) is 13.2 Å². The normalized spacial score (nSPS) is 11.0. The number of nitrogens with zero attached hydrogens (tertiary/aromatic N) is 2. The minimum Gasteiger partial charge on any atom is -0.484 e. The van der Waals surface area contributed by atoms with Gasteiger partial charge in [0, 0.05) is 5.02 Å². The summed E-state index contributed by atoms with van der Waals surface area (Å²) in [5.74, 6) is 0.694. The Hall–Kier alpha value is -2.24. The summed E-state index contributed by atoms with van der Waals surface area (Å²) in [5, 5.41) is 0.975. The van der Waals surface area contributed by atoms with Gasteiger partial charge < -0.3 is 15.0 Å². The first-order chi connectivity index (χ1) is 11.5. The Balaban J connectivity index is 1.94. The Morgan fingerprint density at radius 2 is 2.04 bits per heavy atom. The van der Waals surface area contributed by atoms with E-state index in [1.54, 1.807) is 16.7 Å². The van der Waals surface area contributed by atoms with Crippen LogP contribution in [-0.2, 0) is 17.9 Å². The fraction of sp³-hybridized carbons (Fsp3) is 0.176. The lowest BCUT2D eigenvalue weighted by Crippen LogP contribution is -2.20. The number of aromatic nitrogens is 2. The molecule has 5 nitrogen and oxygen atoms in total. The monoisotopic (exact) mass is 363 g/mol. The SMILES string of the molecule is Cc1cc(Cl)cc(Cl)c1OCc1nc2ccccc2n1CC(N)=O. The predicted molar refractivity (Wildman–Crippen MR) is 94.5 cm³/mol. The Labute approximate surface area is 148 Å². The summed E-state index contributed by atoms with van der Waals surface area (Å²) in [6.07, 6.45) is 0. The lowest BCUT2D eigenvalue weighted by Gasteiger charge is -2.12. The minimum atomic E-state index is -0.444. The number of hydrogen-bond donors (Lipinski definition) is 1. The van der Waals surface area contributed by atoms with Crippen molar-refractivity contribution in [3.8, 4) is 5.75 Å². The second-order valence-electron chi connectivity index (χ2n) is 5.39. The summed E-state index contributed by atoms with van der Waals surface area (Å²) in [4.78, 5) is 15.9. The summed E-state index contributed by atoms with van der Waals surface area (Å²) in [7, 11) is 0. The van der Waals surface area contributed by atoms with E-state index in [4.69, 9.17) is 33.7 Å². The van der Waals surface area contributed by atoms with Crippen LogP contribution < -0.4 is 10.5 Å². The van der Waals surface area contributed by atoms with Crippen molar-refractivity contribution in [2.45, 2.75) is 20.1 Å². The van der Waals surface area contributed by atoms with E-state index in [0.717, 1.165) is 16.6 Å². The third kappa shape index (κ3) is 3.32. The molecule has 1 heterocycles. The van der Waals surface area contributed by atoms with Gasteiger partial charge in [-0.05, 0) is 36.8 Å². The fourth-order valence-corrected chi connectivity index (χ4v) is 3.23. The van der Waals surface area contributed by atoms with Crippen LogP contribution in [0, 0.1) is 6.92 Å². The maximum Gasteiger partial charge on any atom is 0.237 e. The number of benzene rings is 2. The van der Waals surface area contributed by atoms with Crippen molar-refractivity contribution in [2.24, 2.45) is 5.73 Å². The number of carbonyl (C=O) groups is 1. The first kappa shape index (κ1) is 16.6. The Morgan fingerprint density at radius 3 is 2.75 bits per heavy atom. The largest absolute Gasteiger partial charge is 0.484 e. The average Bonchev–Trinajstić information content (AvgIpc) is 2.84. The molecule has 0 aliphatic heterocycles. The summed E-state index contributed by atoms with van der Waals surface area (Å²) < 4.78 is 7.58. The number of hydrogen-bond acceptors (Lipinski definition) is 3. The first-order valence-corrected chi connectivity index (χ1v) is 8.02. The van der Waals surface area contributed by atoms with Crippen molar-refractivity contribution in [3.63, 3.8) is 0 Å². The zero-order chi connectivity index (χ0) is 17.3. The van der Waals surface area contributed by atoms with Gasteiger partial charge in [-0.3, -0.25) is 4.79 Å². The van der Waals surface area contributed by atoms with E-state index in [2.05, 4.69) is 4.98 Å². The van der Waals surface area contributed by atoms with Crippen molar-refractivity contribution in [2.75, 3.05) is 0 Å². The van der Waals surface area contributed by atoms with Crippen LogP contribution in [-0.4, -0.2) is 15.5 Å². The number of halogens is 2. The highest BCUT2D eigenvalue weighted by Crippen LogP contribution is 2.32. The molecule has 0 fully saturated rings. The summed E-state index contributed by atoms with van der Waals surface area (Å²) in [6, 6.07) is 10.9. The lowest BCUT2D eigenvalue weighted by atomic mass is 10.2. The molecule has 3 aromatic rings. The number of para-hydroxylation sites is 2. The molecule has 0 unspecified atom stereocenters. The van der Waals surface area contributed by atoms with Crippen LogP contribution in [0.15, 0.2) is 36.4 Å². The van der Waals surface area contributed by atoms with Crippen molar-refractivity contribution < 1.29 is 9.53 Å². The number of ether oxygens (including phenoxy) is 1. The summed E-state index contributed by atoms with van der Waals surface area (Å²) in [5.41, 5.74) is 7.78. The molecule has 2 N–H and O–H groups in total. The third-order valence-corrected chi connectivity index (χ3v) is 4.09. The van der Waals surface area contributed by atoms with E-state index in [9.17, 15) is 4.79 Å². The standard InChI is InChI=1S/C17H15Cl2N3O2/c1-10-6-11(18)7-12(19)17(10)24-9-16-21-13-4-2-3-5-14(13)22(16)8-15(20)23/h2-7H,8-9H2,1H3,(H2,20,23). The Kier molecular flexibility index (Phi) is 4.64. The highest BCUT2D eigenvalue weighted by Gasteiger charge is 2.14. The number of carbonyl (C=O) groups excluding carboxylic acids is 1. The first-order valence-electron chi connectivity index (χ1n) is 7.26. The van der Waals surface area contributed by atoms with Crippen molar-refractivity contribution in [1.82, 2.24) is 9.55 Å². The summed E-state index contributed by atoms with van der Waals surface area (Å²) >= 11 is 12.2. The van der Waals surface area contributed by atoms with E-state index < -0.39 is 5.91 Å². The maximum atomic E-state index is 11.4. The lowest BCUT2D eigenvalue weighted by molar-refractivity contribution is -0.118. The number of nitrogens with two attached hydrogens (primary N) is 1. The van der Waals surface area contributed by atoms with Gasteiger partial charge >= 0.3 is 0 Å². The van der Waals surface area contributed by atoms with Crippen LogP contribution in [0.4, 0.5) is 0 Å². The van der Waals surface area contributed by atoms with Gasteiger partial charge in [-0.25, -0.2) is 4.98 Å². The molecule has 0 spiro atoms. The molecule has 0 saturated carbocycles. The van der Waals surface area contributed by atoms with Gasteiger partial charge in [0.2, 0.25) is 5.91 Å². The van der Waals surface area contributed by atoms with E-state index in [1.165, 1.54) is 0 Å². The van der Waals surface area contributed by atoms with E-state index >= 15 is 0 Å². The van der Waals surface area contributed by atoms with Gasteiger partial charge in [-0.15, -0.1) is 0 Å². The predicted octanol–water partition coefficient (Wildman–Crippen LogP) is 3.72. The second kappa shape index (κ2) is 6.71. The van der Waals surface area contributed by atoms with Crippen LogP contribution in [0.25, 0.3) is 11.0 Å². The smallest absolute Gasteiger partial charge is 0.237 e. The molecule has 7 heteroatoms. The van der Waals surface area contributed by atoms with Gasteiger partial charge in [0.05, 0.1) is 16.1 Å². The molecule has 24 heavy (non-hydrogen) atoms. The molecule has 0 aliphatic rings. The molecule has 1 amide bonds. The molecular formula is C17H15Cl2N3O2. The van der Waals surface area contributed by atoms with Crippen molar-refractivity contribution in [3.05, 3.63) is 57.8 Å². The van der Waals surface area contributed by atoms with Crippen LogP contribution in [0.3, 0.4) is 0 Å². The summed E-state index contributed by atoms with van der Waals surface area (Å²) in [6.45, 7) is 2.05. The molecule has 0 saturated heterocycles. The average molecular weight is 364 g/mol. The van der Waals surface area contributed by atoms with Crippen LogP contribution in [0.1, 0.15) is 11.4 Å². The topological polar surface area (TPSA) is 70.1 Å². The van der Waals surface area contributed by atoms with Gasteiger partial charge in [-0.1, -0.05) is 35.3 Å². The maximum absolute atomic E-state index is 11.4. The number of rotatable bonds is 5. The molecule has 3 rings (SSSR count). The van der Waals surface area contributed by atoms with Gasteiger partial charge in [0.15, 0.2) is 0 Å². The number of amides is 1. The molecule has 0 bridgehead atoms. The van der Waals surface area contributed by atoms with E-state index in [0.29, 0.717) is 21.6 Å². The van der Waals surface area contributed by atoms with Gasteiger partial charge in [-0.2, -0.15) is 0 Å². The zero-order valence-electron chi connectivity index (χ0n) is 12.9. The second-order valence-corrected chi connectivity index (χ2v) is 6.24. The number of primary amides is 1. The number of imidazole rings is 1. The molecule has 124 valence electrons. The number of aryl methyl sites for hydroxylation is 1. The van der Waals surface area contributed by atoms with Gasteiger partial charge in [0.1, 0.15) is 24.7 Å². The van der Waals surface area contributed by atoms with Crippen molar-refractivity contribution >= 4 is 40.1 Å². The van der Waals surface area contributed by atoms with Gasteiger partial charge in [0.25, 0.3) is 0 Å². The highest BCUT2D eigenvalue weighted by atomic mass is 35.5. The van der Waals surface area contributed by atoms with Crippen LogP contribution in [0.5, 0.6) is 5.75 Å². The minimum absolute atomic E-state index is 0.0343. The molecule has 0 atom stereocenters. The fourth-order valence-electron chi connectivity index (χ4n) is 2.58. The quantitative estimate of drug-likeness (QED) is 0.750. The van der Waals surface area contributed by atoms with Crippen LogP contribution >= 0.6 is 23.2 Å². The Morgan fingerprint density at radius 1 is 1.29 bits per heavy atom. The van der Waals surface area contributed by atoms with E-state index in [1.807, 2.05) is 31.2 Å². The Bertz CT molecular complexity index is 898.